The van der Waals surface area contributed by atoms with Gasteiger partial charge in [0.1, 0.15) is 0 Å². The van der Waals surface area contributed by atoms with Gasteiger partial charge < -0.3 is 0 Å². The van der Waals surface area contributed by atoms with Crippen LogP contribution >= 0.6 is 0 Å². The molecule has 0 saturated heterocycles. The maximum Gasteiger partial charge on any atom is -0.0253 e. The van der Waals surface area contributed by atoms with E-state index in [9.17, 15) is 0 Å². The van der Waals surface area contributed by atoms with E-state index in [1.807, 2.05) is 0 Å². The molecular formula is C33H44. The summed E-state index contributed by atoms with van der Waals surface area (Å²) in [7, 11) is 0. The normalized spacial score (nSPS) is 13.2. The summed E-state index contributed by atoms with van der Waals surface area (Å²) in [6, 6.07) is 21.0. The first-order valence-electron chi connectivity index (χ1n) is 12.9. The molecule has 0 saturated carbocycles. The van der Waals surface area contributed by atoms with Crippen LogP contribution in [0.15, 0.2) is 54.6 Å². The molecule has 2 atom stereocenters. The van der Waals surface area contributed by atoms with Gasteiger partial charge in [-0.1, -0.05) is 74.0 Å². The Morgan fingerprint density at radius 1 is 0.515 bits per heavy atom. The molecule has 33 heavy (non-hydrogen) atoms. The number of hydrogen-bond acceptors (Lipinski definition) is 0. The van der Waals surface area contributed by atoms with Crippen LogP contribution in [0.25, 0.3) is 0 Å². The summed E-state index contributed by atoms with van der Waals surface area (Å²) in [5, 5.41) is 0. The van der Waals surface area contributed by atoms with Crippen molar-refractivity contribution in [2.24, 2.45) is 11.8 Å². The third kappa shape index (κ3) is 7.60. The van der Waals surface area contributed by atoms with Crippen molar-refractivity contribution in [3.8, 4) is 0 Å². The van der Waals surface area contributed by atoms with Crippen molar-refractivity contribution < 1.29 is 0 Å². The lowest BCUT2D eigenvalue weighted by molar-refractivity contribution is 0.518. The van der Waals surface area contributed by atoms with E-state index in [0.717, 1.165) is 0 Å². The summed E-state index contributed by atoms with van der Waals surface area (Å²) in [6.45, 7) is 15.9. The number of hydrogen-bond donors (Lipinski definition) is 0. The lowest BCUT2D eigenvalue weighted by Crippen LogP contribution is -2.06. The molecule has 3 aromatic carbocycles. The Hall–Kier alpha value is -2.34. The van der Waals surface area contributed by atoms with Gasteiger partial charge in [-0.2, -0.15) is 0 Å². The number of benzene rings is 3. The third-order valence-corrected chi connectivity index (χ3v) is 7.49. The third-order valence-electron chi connectivity index (χ3n) is 7.49. The maximum absolute atomic E-state index is 2.44. The van der Waals surface area contributed by atoms with Crippen molar-refractivity contribution in [1.29, 1.82) is 0 Å². The maximum atomic E-state index is 2.44. The summed E-state index contributed by atoms with van der Waals surface area (Å²) >= 11 is 0. The first kappa shape index (κ1) is 25.3. The minimum absolute atomic E-state index is 0.698. The minimum atomic E-state index is 0.698. The van der Waals surface area contributed by atoms with Crippen LogP contribution < -0.4 is 0 Å². The summed E-state index contributed by atoms with van der Waals surface area (Å²) in [4.78, 5) is 0. The Balaban J connectivity index is 1.56. The molecule has 0 fully saturated rings. The highest BCUT2D eigenvalue weighted by Crippen LogP contribution is 2.23. The van der Waals surface area contributed by atoms with E-state index in [2.05, 4.69) is 103 Å². The molecule has 3 rings (SSSR count). The first-order chi connectivity index (χ1) is 15.7. The molecule has 0 aliphatic carbocycles. The first-order valence-corrected chi connectivity index (χ1v) is 12.9. The number of rotatable bonds is 10. The fraction of sp³-hybridized carbons (Fsp3) is 0.455. The van der Waals surface area contributed by atoms with Crippen molar-refractivity contribution in [2.45, 2.75) is 87.0 Å². The molecule has 0 aromatic heterocycles. The van der Waals surface area contributed by atoms with Crippen molar-refractivity contribution in [2.75, 3.05) is 0 Å². The Kier molecular flexibility index (Phi) is 8.95. The molecule has 0 N–H and O–H groups in total. The van der Waals surface area contributed by atoms with Gasteiger partial charge in [0, 0.05) is 0 Å². The zero-order chi connectivity index (χ0) is 24.0. The summed E-state index contributed by atoms with van der Waals surface area (Å²) in [5.74, 6) is 1.40. The predicted molar refractivity (Wildman–Crippen MR) is 145 cm³/mol. The monoisotopic (exact) mass is 440 g/mol. The van der Waals surface area contributed by atoms with Gasteiger partial charge in [-0.25, -0.2) is 0 Å². The van der Waals surface area contributed by atoms with E-state index < -0.39 is 0 Å². The van der Waals surface area contributed by atoms with Gasteiger partial charge >= 0.3 is 0 Å². The van der Waals surface area contributed by atoms with Gasteiger partial charge in [-0.15, -0.1) is 0 Å². The predicted octanol–water partition coefficient (Wildman–Crippen LogP) is 8.85. The molecule has 0 heterocycles. The molecule has 0 bridgehead atoms. The van der Waals surface area contributed by atoms with Crippen molar-refractivity contribution in [3.05, 3.63) is 105 Å². The highest BCUT2D eigenvalue weighted by atomic mass is 14.2. The molecule has 0 nitrogen and oxygen atoms in total. The second kappa shape index (κ2) is 11.7. The van der Waals surface area contributed by atoms with Crippen LogP contribution in [0.5, 0.6) is 0 Å². The van der Waals surface area contributed by atoms with Gasteiger partial charge in [0.2, 0.25) is 0 Å². The standard InChI is InChI=1S/C33H44/c1-23(18-30-13-11-26(4)28(6)21-30)8-15-32-16-9-25(3)20-33(32)17-10-24(2)19-31-14-12-27(5)29(7)22-31/h9,11-14,16,20-24H,8,10,15,17-19H2,1-7H3. The van der Waals surface area contributed by atoms with E-state index >= 15 is 0 Å². The number of aryl methyl sites for hydroxylation is 7. The van der Waals surface area contributed by atoms with Gasteiger partial charge in [-0.05, 0) is 129 Å². The van der Waals surface area contributed by atoms with E-state index in [-0.39, 0.29) is 0 Å². The minimum Gasteiger partial charge on any atom is -0.0622 e. The summed E-state index contributed by atoms with van der Waals surface area (Å²) < 4.78 is 0. The second-order valence-electron chi connectivity index (χ2n) is 10.8. The zero-order valence-electron chi connectivity index (χ0n) is 22.1. The van der Waals surface area contributed by atoms with Crippen LogP contribution in [0.4, 0.5) is 0 Å². The molecule has 2 unspecified atom stereocenters. The van der Waals surface area contributed by atoms with E-state index in [1.165, 1.54) is 77.5 Å². The topological polar surface area (TPSA) is 0 Å². The van der Waals surface area contributed by atoms with Gasteiger partial charge in [0.15, 0.2) is 0 Å². The molecule has 3 aromatic rings. The molecule has 0 spiro atoms. The fourth-order valence-corrected chi connectivity index (χ4v) is 4.90. The van der Waals surface area contributed by atoms with Crippen molar-refractivity contribution >= 4 is 0 Å². The average Bonchev–Trinajstić information content (AvgIpc) is 2.77. The lowest BCUT2D eigenvalue weighted by Gasteiger charge is -2.17. The van der Waals surface area contributed by atoms with Crippen molar-refractivity contribution in [3.63, 3.8) is 0 Å². The van der Waals surface area contributed by atoms with Crippen LogP contribution in [0.3, 0.4) is 0 Å². The molecule has 0 heteroatoms. The van der Waals surface area contributed by atoms with Crippen LogP contribution in [-0.2, 0) is 25.7 Å². The lowest BCUT2D eigenvalue weighted by atomic mass is 9.88. The molecule has 0 aliphatic rings. The largest absolute Gasteiger partial charge is 0.0622 e. The molecule has 0 aliphatic heterocycles. The van der Waals surface area contributed by atoms with E-state index in [4.69, 9.17) is 0 Å². The second-order valence-corrected chi connectivity index (χ2v) is 10.8. The van der Waals surface area contributed by atoms with Crippen molar-refractivity contribution in [1.82, 2.24) is 0 Å². The van der Waals surface area contributed by atoms with Crippen LogP contribution in [0.1, 0.15) is 76.8 Å². The molecule has 176 valence electrons. The SMILES string of the molecule is Cc1ccc(CCC(C)Cc2ccc(C)c(C)c2)c(CCC(C)Cc2ccc(C)c(C)c2)c1. The van der Waals surface area contributed by atoms with Crippen LogP contribution in [0.2, 0.25) is 0 Å². The van der Waals surface area contributed by atoms with Gasteiger partial charge in [0.05, 0.1) is 0 Å². The Morgan fingerprint density at radius 3 is 1.48 bits per heavy atom. The van der Waals surface area contributed by atoms with E-state index in [1.54, 1.807) is 11.1 Å². The molecular weight excluding hydrogens is 396 g/mol. The highest BCUT2D eigenvalue weighted by Gasteiger charge is 2.11. The van der Waals surface area contributed by atoms with E-state index in [0.29, 0.717) is 11.8 Å². The Bertz CT molecular complexity index is 1060. The summed E-state index contributed by atoms with van der Waals surface area (Å²) in [5.41, 5.74) is 13.1. The summed E-state index contributed by atoms with van der Waals surface area (Å²) in [6.07, 6.45) is 7.23. The van der Waals surface area contributed by atoms with Crippen LogP contribution in [-0.4, -0.2) is 0 Å². The molecule has 0 amide bonds. The molecule has 0 radical (unpaired) electrons. The Labute approximate surface area is 203 Å². The quantitative estimate of drug-likeness (QED) is 0.295. The highest BCUT2D eigenvalue weighted by molar-refractivity contribution is 5.33. The van der Waals surface area contributed by atoms with Gasteiger partial charge in [-0.3, -0.25) is 0 Å². The zero-order valence-corrected chi connectivity index (χ0v) is 22.1. The van der Waals surface area contributed by atoms with Gasteiger partial charge in [0.25, 0.3) is 0 Å². The average molecular weight is 441 g/mol. The fourth-order valence-electron chi connectivity index (χ4n) is 4.90. The Morgan fingerprint density at radius 2 is 1.00 bits per heavy atom. The smallest absolute Gasteiger partial charge is 0.0253 e. The van der Waals surface area contributed by atoms with Crippen LogP contribution in [0, 0.1) is 46.5 Å².